The van der Waals surface area contributed by atoms with Crippen LogP contribution < -0.4 is 24.0 Å². The van der Waals surface area contributed by atoms with Crippen molar-refractivity contribution in [2.24, 2.45) is 0 Å². The molecule has 1 fully saturated rings. The molecule has 4 aromatic rings. The molecule has 1 amide bonds. The summed E-state index contributed by atoms with van der Waals surface area (Å²) in [5, 5.41) is 1.93. The maximum atomic E-state index is 12.3. The van der Waals surface area contributed by atoms with Crippen LogP contribution in [0.15, 0.2) is 66.6 Å². The quantitative estimate of drug-likeness (QED) is 0.330. The number of anilines is 2. The van der Waals surface area contributed by atoms with E-state index in [-0.39, 0.29) is 11.9 Å². The van der Waals surface area contributed by atoms with E-state index in [0.717, 1.165) is 36.7 Å². The summed E-state index contributed by atoms with van der Waals surface area (Å²) >= 11 is 1.47. The lowest BCUT2D eigenvalue weighted by Crippen LogP contribution is -2.36. The van der Waals surface area contributed by atoms with Gasteiger partial charge in [0.2, 0.25) is 5.88 Å². The minimum atomic E-state index is -0.195. The van der Waals surface area contributed by atoms with Crippen LogP contribution in [0.5, 0.6) is 29.1 Å². The summed E-state index contributed by atoms with van der Waals surface area (Å²) in [6.45, 7) is 7.58. The fourth-order valence-corrected chi connectivity index (χ4v) is 5.08. The number of benzene rings is 2. The average Bonchev–Trinajstić information content (AvgIpc) is 3.42. The molecule has 0 N–H and O–H groups in total. The molecule has 37 heavy (non-hydrogen) atoms. The molecule has 0 spiro atoms. The maximum Gasteiger partial charge on any atom is 0.325 e. The van der Waals surface area contributed by atoms with Gasteiger partial charge in [0.05, 0.1) is 31.0 Å². The Balaban J connectivity index is 1.28. The van der Waals surface area contributed by atoms with Gasteiger partial charge in [0.25, 0.3) is 5.91 Å². The van der Waals surface area contributed by atoms with E-state index in [0.29, 0.717) is 47.5 Å². The van der Waals surface area contributed by atoms with Crippen molar-refractivity contribution in [2.75, 3.05) is 49.3 Å². The molecular formula is C27H24N4O5S. The first-order chi connectivity index (χ1) is 18.2. The van der Waals surface area contributed by atoms with Crippen LogP contribution in [-0.2, 0) is 9.53 Å². The second-order valence-corrected chi connectivity index (χ2v) is 9.31. The standard InChI is InChI=1S/C27H24N4O5S/c1-2-23(32)31-13-16-34-24-21(31)4-3-5-22(24)36-26-25-20(10-17-37-25)28-27(29-26)35-19-8-6-18(7-9-19)30-11-14-33-15-12-30/h2-10,17H,1,11-16H2. The van der Waals surface area contributed by atoms with E-state index in [1.807, 2.05) is 47.8 Å². The molecule has 6 rings (SSSR count). The van der Waals surface area contributed by atoms with Crippen molar-refractivity contribution in [1.29, 1.82) is 0 Å². The Bertz CT molecular complexity index is 1450. The van der Waals surface area contributed by atoms with E-state index in [2.05, 4.69) is 21.4 Å². The number of amides is 1. The molecule has 2 aromatic carbocycles. The van der Waals surface area contributed by atoms with E-state index >= 15 is 0 Å². The fraction of sp³-hybridized carbons (Fsp3) is 0.222. The highest BCUT2D eigenvalue weighted by atomic mass is 32.1. The molecule has 0 atom stereocenters. The number of rotatable bonds is 6. The van der Waals surface area contributed by atoms with Crippen LogP contribution in [0.3, 0.4) is 0 Å². The molecule has 2 aromatic heterocycles. The topological polar surface area (TPSA) is 86.2 Å². The highest BCUT2D eigenvalue weighted by Gasteiger charge is 2.26. The van der Waals surface area contributed by atoms with Crippen molar-refractivity contribution >= 4 is 38.8 Å². The highest BCUT2D eigenvalue weighted by Crippen LogP contribution is 2.43. The summed E-state index contributed by atoms with van der Waals surface area (Å²) < 4.78 is 24.4. The minimum absolute atomic E-state index is 0.175. The molecule has 2 aliphatic rings. The number of carbonyl (C=O) groups excluding carboxylic acids is 1. The molecule has 0 bridgehead atoms. The Morgan fingerprint density at radius 2 is 1.84 bits per heavy atom. The molecule has 4 heterocycles. The lowest BCUT2D eigenvalue weighted by atomic mass is 10.2. The van der Waals surface area contributed by atoms with Crippen LogP contribution in [0, 0.1) is 0 Å². The van der Waals surface area contributed by atoms with Crippen LogP contribution in [0.25, 0.3) is 10.2 Å². The van der Waals surface area contributed by atoms with Crippen LogP contribution >= 0.6 is 11.3 Å². The number of nitrogens with zero attached hydrogens (tertiary/aromatic N) is 4. The lowest BCUT2D eigenvalue weighted by Gasteiger charge is -2.29. The van der Waals surface area contributed by atoms with Gasteiger partial charge in [-0.3, -0.25) is 4.79 Å². The molecule has 0 radical (unpaired) electrons. The molecule has 0 unspecified atom stereocenters. The normalized spacial score (nSPS) is 15.1. The minimum Gasteiger partial charge on any atom is -0.486 e. The predicted molar refractivity (Wildman–Crippen MR) is 142 cm³/mol. The first kappa shape index (κ1) is 23.3. The summed E-state index contributed by atoms with van der Waals surface area (Å²) in [5.41, 5.74) is 2.46. The zero-order valence-corrected chi connectivity index (χ0v) is 20.8. The van der Waals surface area contributed by atoms with E-state index in [1.54, 1.807) is 11.0 Å². The summed E-state index contributed by atoms with van der Waals surface area (Å²) in [5.74, 6) is 1.71. The first-order valence-electron chi connectivity index (χ1n) is 11.9. The molecule has 1 saturated heterocycles. The van der Waals surface area contributed by atoms with Gasteiger partial charge in [-0.15, -0.1) is 11.3 Å². The third-order valence-electron chi connectivity index (χ3n) is 6.13. The van der Waals surface area contributed by atoms with Gasteiger partial charge in [0.1, 0.15) is 17.1 Å². The van der Waals surface area contributed by atoms with Crippen molar-refractivity contribution in [3.8, 4) is 29.1 Å². The van der Waals surface area contributed by atoms with Gasteiger partial charge in [0.15, 0.2) is 11.5 Å². The zero-order valence-electron chi connectivity index (χ0n) is 20.0. The number of hydrogen-bond acceptors (Lipinski definition) is 9. The number of hydrogen-bond donors (Lipinski definition) is 0. The summed E-state index contributed by atoms with van der Waals surface area (Å²) in [4.78, 5) is 25.4. The van der Waals surface area contributed by atoms with Gasteiger partial charge < -0.3 is 28.7 Å². The van der Waals surface area contributed by atoms with E-state index < -0.39 is 0 Å². The van der Waals surface area contributed by atoms with Gasteiger partial charge in [0, 0.05) is 18.8 Å². The number of carbonyl (C=O) groups is 1. The van der Waals surface area contributed by atoms with E-state index in [4.69, 9.17) is 18.9 Å². The highest BCUT2D eigenvalue weighted by molar-refractivity contribution is 7.17. The van der Waals surface area contributed by atoms with Crippen LogP contribution in [0.1, 0.15) is 0 Å². The number of morpholine rings is 1. The van der Waals surface area contributed by atoms with Gasteiger partial charge in [-0.1, -0.05) is 12.6 Å². The summed E-state index contributed by atoms with van der Waals surface area (Å²) in [6, 6.07) is 15.3. The number of aromatic nitrogens is 2. The first-order valence-corrected chi connectivity index (χ1v) is 12.8. The molecule has 0 aliphatic carbocycles. The number of fused-ring (bicyclic) bond motifs is 2. The Labute approximate surface area is 217 Å². The Hall–Kier alpha value is -4.15. The van der Waals surface area contributed by atoms with Crippen molar-refractivity contribution in [3.63, 3.8) is 0 Å². The Morgan fingerprint density at radius 3 is 2.65 bits per heavy atom. The van der Waals surface area contributed by atoms with E-state index in [9.17, 15) is 4.79 Å². The molecule has 188 valence electrons. The molecular weight excluding hydrogens is 492 g/mol. The summed E-state index contributed by atoms with van der Waals surface area (Å²) in [6.07, 6.45) is 1.29. The average molecular weight is 517 g/mol. The number of para-hydroxylation sites is 1. The lowest BCUT2D eigenvalue weighted by molar-refractivity contribution is -0.114. The van der Waals surface area contributed by atoms with Gasteiger partial charge >= 0.3 is 6.01 Å². The van der Waals surface area contributed by atoms with E-state index in [1.165, 1.54) is 17.4 Å². The molecule has 2 aliphatic heterocycles. The second-order valence-electron chi connectivity index (χ2n) is 8.39. The Morgan fingerprint density at radius 1 is 1.00 bits per heavy atom. The zero-order chi connectivity index (χ0) is 25.2. The summed E-state index contributed by atoms with van der Waals surface area (Å²) in [7, 11) is 0. The van der Waals surface area contributed by atoms with Crippen molar-refractivity contribution in [1.82, 2.24) is 9.97 Å². The monoisotopic (exact) mass is 516 g/mol. The van der Waals surface area contributed by atoms with Crippen molar-refractivity contribution < 1.29 is 23.7 Å². The van der Waals surface area contributed by atoms with Crippen LogP contribution in [0.2, 0.25) is 0 Å². The van der Waals surface area contributed by atoms with Gasteiger partial charge in [-0.05, 0) is 53.9 Å². The molecule has 10 heteroatoms. The van der Waals surface area contributed by atoms with Gasteiger partial charge in [-0.25, -0.2) is 0 Å². The van der Waals surface area contributed by atoms with Crippen molar-refractivity contribution in [2.45, 2.75) is 0 Å². The second kappa shape index (κ2) is 10.1. The van der Waals surface area contributed by atoms with Crippen molar-refractivity contribution in [3.05, 3.63) is 66.6 Å². The predicted octanol–water partition coefficient (Wildman–Crippen LogP) is 5.02. The van der Waals surface area contributed by atoms with Crippen LogP contribution in [-0.4, -0.2) is 55.3 Å². The maximum absolute atomic E-state index is 12.3. The smallest absolute Gasteiger partial charge is 0.325 e. The number of ether oxygens (including phenoxy) is 4. The molecule has 9 nitrogen and oxygen atoms in total. The van der Waals surface area contributed by atoms with Gasteiger partial charge in [-0.2, -0.15) is 9.97 Å². The largest absolute Gasteiger partial charge is 0.486 e. The third kappa shape index (κ3) is 4.68. The number of thiophene rings is 1. The Kier molecular flexibility index (Phi) is 6.33. The fourth-order valence-electron chi connectivity index (χ4n) is 4.33. The SMILES string of the molecule is C=CC(=O)N1CCOc2c(Oc3nc(Oc4ccc(N5CCOCC5)cc4)nc4ccsc34)cccc21. The third-order valence-corrected chi connectivity index (χ3v) is 7.02. The molecule has 0 saturated carbocycles. The van der Waals surface area contributed by atoms with Crippen LogP contribution in [0.4, 0.5) is 11.4 Å².